The number of hydrogen-bond acceptors (Lipinski definition) is 2. The molecule has 1 aromatic rings. The van der Waals surface area contributed by atoms with E-state index in [2.05, 4.69) is 17.1 Å². The summed E-state index contributed by atoms with van der Waals surface area (Å²) in [7, 11) is 0. The molecule has 0 saturated carbocycles. The first kappa shape index (κ1) is 14.4. The average Bonchev–Trinajstić information content (AvgIpc) is 2.88. The maximum atomic E-state index is 12.1. The highest BCUT2D eigenvalue weighted by molar-refractivity contribution is 6.33. The molecule has 0 unspecified atom stereocenters. The van der Waals surface area contributed by atoms with Crippen LogP contribution in [-0.2, 0) is 4.79 Å². The Morgan fingerprint density at radius 3 is 2.74 bits per heavy atom. The summed E-state index contributed by atoms with van der Waals surface area (Å²) >= 11 is 6.11. The largest absolute Gasteiger partial charge is 0.325 e. The quantitative estimate of drug-likeness (QED) is 0.916. The lowest BCUT2D eigenvalue weighted by Crippen LogP contribution is -2.33. The third kappa shape index (κ3) is 3.71. The number of aryl methyl sites for hydroxylation is 1. The highest BCUT2D eigenvalue weighted by atomic mass is 35.5. The van der Waals surface area contributed by atoms with Crippen LogP contribution < -0.4 is 5.32 Å². The molecule has 0 aromatic heterocycles. The summed E-state index contributed by atoms with van der Waals surface area (Å²) in [6.07, 6.45) is 3.01. The zero-order chi connectivity index (χ0) is 13.8. The lowest BCUT2D eigenvalue weighted by atomic mass is 10.1. The number of likely N-dealkylation sites (tertiary alicyclic amines) is 1. The second-order valence-corrected chi connectivity index (χ2v) is 5.68. The van der Waals surface area contributed by atoms with Crippen LogP contribution in [-0.4, -0.2) is 29.9 Å². The van der Waals surface area contributed by atoms with Crippen molar-refractivity contribution in [2.75, 3.05) is 18.4 Å². The minimum Gasteiger partial charge on any atom is -0.325 e. The van der Waals surface area contributed by atoms with Crippen molar-refractivity contribution in [3.05, 3.63) is 28.8 Å². The van der Waals surface area contributed by atoms with Crippen LogP contribution in [0.1, 0.15) is 31.7 Å². The Bertz CT molecular complexity index is 435. The number of carbonyl (C=O) groups is 1. The molecule has 2 rings (SSSR count). The first-order valence-electron chi connectivity index (χ1n) is 6.87. The highest BCUT2D eigenvalue weighted by Gasteiger charge is 2.20. The summed E-state index contributed by atoms with van der Waals surface area (Å²) in [6, 6.07) is 5.94. The maximum absolute atomic E-state index is 12.1. The van der Waals surface area contributed by atoms with E-state index in [0.717, 1.165) is 24.3 Å². The Hall–Kier alpha value is -1.06. The van der Waals surface area contributed by atoms with Gasteiger partial charge in [0, 0.05) is 12.5 Å². The predicted molar refractivity (Wildman–Crippen MR) is 79.7 cm³/mol. The Kier molecular flexibility index (Phi) is 4.83. The number of hydrogen-bond donors (Lipinski definition) is 1. The van der Waals surface area contributed by atoms with Gasteiger partial charge in [0.15, 0.2) is 0 Å². The monoisotopic (exact) mass is 280 g/mol. The van der Waals surface area contributed by atoms with Crippen LogP contribution >= 0.6 is 11.6 Å². The van der Waals surface area contributed by atoms with E-state index in [4.69, 9.17) is 11.6 Å². The van der Waals surface area contributed by atoms with Crippen molar-refractivity contribution in [1.82, 2.24) is 4.90 Å². The van der Waals surface area contributed by atoms with Crippen molar-refractivity contribution in [3.8, 4) is 0 Å². The number of para-hydroxylation sites is 1. The summed E-state index contributed by atoms with van der Waals surface area (Å²) in [4.78, 5) is 14.5. The molecule has 1 saturated heterocycles. The zero-order valence-corrected chi connectivity index (χ0v) is 12.3. The van der Waals surface area contributed by atoms with Crippen molar-refractivity contribution < 1.29 is 4.79 Å². The lowest BCUT2D eigenvalue weighted by Gasteiger charge is -2.23. The van der Waals surface area contributed by atoms with Crippen molar-refractivity contribution in [2.45, 2.75) is 39.2 Å². The molecule has 1 aliphatic heterocycles. The first-order valence-corrected chi connectivity index (χ1v) is 7.24. The fourth-order valence-electron chi connectivity index (χ4n) is 2.56. The standard InChI is InChI=1S/C15H21ClN2O/c1-11-6-5-7-13(16)15(11)17-14(19)10-12(2)18-8-3-4-9-18/h5-7,12H,3-4,8-10H2,1-2H3,(H,17,19)/t12-/m0/s1. The number of rotatable bonds is 4. The summed E-state index contributed by atoms with van der Waals surface area (Å²) in [5.74, 6) is 0.0376. The van der Waals surface area contributed by atoms with Crippen molar-refractivity contribution in [1.29, 1.82) is 0 Å². The molecule has 1 amide bonds. The molecule has 0 bridgehead atoms. The molecule has 1 atom stereocenters. The Morgan fingerprint density at radius 2 is 2.11 bits per heavy atom. The Labute approximate surface area is 119 Å². The topological polar surface area (TPSA) is 32.3 Å². The Balaban J connectivity index is 1.93. The second-order valence-electron chi connectivity index (χ2n) is 5.28. The van der Waals surface area contributed by atoms with E-state index in [1.165, 1.54) is 12.8 Å². The molecule has 1 aromatic carbocycles. The molecule has 0 radical (unpaired) electrons. The van der Waals surface area contributed by atoms with E-state index < -0.39 is 0 Å². The second kappa shape index (κ2) is 6.40. The molecule has 104 valence electrons. The van der Waals surface area contributed by atoms with Crippen molar-refractivity contribution in [2.24, 2.45) is 0 Å². The number of halogens is 1. The van der Waals surface area contributed by atoms with E-state index >= 15 is 0 Å². The van der Waals surface area contributed by atoms with Gasteiger partial charge in [-0.05, 0) is 51.4 Å². The van der Waals surface area contributed by atoms with Gasteiger partial charge in [0.05, 0.1) is 10.7 Å². The molecular weight excluding hydrogens is 260 g/mol. The minimum atomic E-state index is 0.0376. The van der Waals surface area contributed by atoms with Crippen LogP contribution in [0.4, 0.5) is 5.69 Å². The van der Waals surface area contributed by atoms with Gasteiger partial charge in [-0.25, -0.2) is 0 Å². The fourth-order valence-corrected chi connectivity index (χ4v) is 2.83. The van der Waals surface area contributed by atoms with Crippen molar-refractivity contribution in [3.63, 3.8) is 0 Å². The van der Waals surface area contributed by atoms with Crippen LogP contribution in [0.25, 0.3) is 0 Å². The van der Waals surface area contributed by atoms with Gasteiger partial charge in [-0.3, -0.25) is 4.79 Å². The molecule has 0 spiro atoms. The summed E-state index contributed by atoms with van der Waals surface area (Å²) in [5.41, 5.74) is 1.73. The smallest absolute Gasteiger partial charge is 0.225 e. The van der Waals surface area contributed by atoms with E-state index in [-0.39, 0.29) is 5.91 Å². The Morgan fingerprint density at radius 1 is 1.42 bits per heavy atom. The molecule has 0 aliphatic carbocycles. The molecule has 1 N–H and O–H groups in total. The molecule has 1 aliphatic rings. The van der Waals surface area contributed by atoms with Gasteiger partial charge >= 0.3 is 0 Å². The SMILES string of the molecule is Cc1cccc(Cl)c1NC(=O)C[C@H](C)N1CCCC1. The highest BCUT2D eigenvalue weighted by Crippen LogP contribution is 2.25. The lowest BCUT2D eigenvalue weighted by molar-refractivity contribution is -0.117. The van der Waals surface area contributed by atoms with E-state index in [1.54, 1.807) is 6.07 Å². The van der Waals surface area contributed by atoms with E-state index in [9.17, 15) is 4.79 Å². The minimum absolute atomic E-state index is 0.0376. The van der Waals surface area contributed by atoms with Crippen molar-refractivity contribution >= 4 is 23.2 Å². The summed E-state index contributed by atoms with van der Waals surface area (Å²) in [5, 5.41) is 3.53. The number of anilines is 1. The number of nitrogens with zero attached hydrogens (tertiary/aromatic N) is 1. The molecule has 3 nitrogen and oxygen atoms in total. The van der Waals surface area contributed by atoms with Gasteiger partial charge in [0.2, 0.25) is 5.91 Å². The molecular formula is C15H21ClN2O. The zero-order valence-electron chi connectivity index (χ0n) is 11.6. The first-order chi connectivity index (χ1) is 9.08. The third-order valence-electron chi connectivity index (χ3n) is 3.73. The maximum Gasteiger partial charge on any atom is 0.225 e. The van der Waals surface area contributed by atoms with E-state index in [1.807, 2.05) is 19.1 Å². The number of amides is 1. The number of carbonyl (C=O) groups excluding carboxylic acids is 1. The number of benzene rings is 1. The normalized spacial score (nSPS) is 17.4. The van der Waals surface area contributed by atoms with Gasteiger partial charge in [0.25, 0.3) is 0 Å². The summed E-state index contributed by atoms with van der Waals surface area (Å²) < 4.78 is 0. The van der Waals surface area contributed by atoms with Gasteiger partial charge in [0.1, 0.15) is 0 Å². The summed E-state index contributed by atoms with van der Waals surface area (Å²) in [6.45, 7) is 6.29. The van der Waals surface area contributed by atoms with Crippen LogP contribution in [0.3, 0.4) is 0 Å². The van der Waals surface area contributed by atoms with Gasteiger partial charge in [-0.1, -0.05) is 23.7 Å². The number of nitrogens with one attached hydrogen (secondary N) is 1. The van der Waals surface area contributed by atoms with Crippen LogP contribution in [0.15, 0.2) is 18.2 Å². The molecule has 1 fully saturated rings. The molecule has 19 heavy (non-hydrogen) atoms. The molecule has 1 heterocycles. The van der Waals surface area contributed by atoms with Gasteiger partial charge in [-0.15, -0.1) is 0 Å². The van der Waals surface area contributed by atoms with Gasteiger partial charge < -0.3 is 10.2 Å². The average molecular weight is 281 g/mol. The van der Waals surface area contributed by atoms with Gasteiger partial charge in [-0.2, -0.15) is 0 Å². The van der Waals surface area contributed by atoms with E-state index in [0.29, 0.717) is 17.5 Å². The third-order valence-corrected chi connectivity index (χ3v) is 4.05. The van der Waals surface area contributed by atoms with Crippen LogP contribution in [0, 0.1) is 6.92 Å². The van der Waals surface area contributed by atoms with Crippen LogP contribution in [0.5, 0.6) is 0 Å². The fraction of sp³-hybridized carbons (Fsp3) is 0.533. The molecule has 4 heteroatoms. The predicted octanol–water partition coefficient (Wildman–Crippen LogP) is 3.46. The van der Waals surface area contributed by atoms with Crippen LogP contribution in [0.2, 0.25) is 5.02 Å².